The summed E-state index contributed by atoms with van der Waals surface area (Å²) in [6.07, 6.45) is 1.000. The molecule has 0 unspecified atom stereocenters. The van der Waals surface area contributed by atoms with E-state index in [-0.39, 0.29) is 0 Å². The lowest BCUT2D eigenvalue weighted by molar-refractivity contribution is 0.138. The molecule has 1 heterocycles. The highest BCUT2D eigenvalue weighted by molar-refractivity contribution is 9.10. The van der Waals surface area contributed by atoms with E-state index in [1.807, 2.05) is 0 Å². The summed E-state index contributed by atoms with van der Waals surface area (Å²) in [5.74, 6) is 0. The van der Waals surface area contributed by atoms with Gasteiger partial charge in [-0.25, -0.2) is 0 Å². The van der Waals surface area contributed by atoms with Crippen molar-refractivity contribution in [2.45, 2.75) is 26.3 Å². The second-order valence-electron chi connectivity index (χ2n) is 3.66. The standard InChI is InChI=1S/C11H18BrNOS/c1-9(2)13-5-7-14-6-3-11-10(12)4-8-15-11/h4,8-9,13H,3,5-7H2,1-2H3. The van der Waals surface area contributed by atoms with Gasteiger partial charge in [-0.3, -0.25) is 0 Å². The number of ether oxygens (including phenoxy) is 1. The zero-order chi connectivity index (χ0) is 11.1. The zero-order valence-corrected chi connectivity index (χ0v) is 11.7. The molecule has 0 aliphatic rings. The molecule has 86 valence electrons. The van der Waals surface area contributed by atoms with Crippen LogP contribution in [0.15, 0.2) is 15.9 Å². The first-order chi connectivity index (χ1) is 7.20. The Hall–Kier alpha value is 0.100. The van der Waals surface area contributed by atoms with Crippen molar-refractivity contribution >= 4 is 27.3 Å². The van der Waals surface area contributed by atoms with E-state index in [4.69, 9.17) is 4.74 Å². The van der Waals surface area contributed by atoms with Crippen molar-refractivity contribution < 1.29 is 4.74 Å². The van der Waals surface area contributed by atoms with Gasteiger partial charge in [0, 0.05) is 28.4 Å². The van der Waals surface area contributed by atoms with Crippen LogP contribution in [0.5, 0.6) is 0 Å². The van der Waals surface area contributed by atoms with Crippen LogP contribution in [-0.4, -0.2) is 25.8 Å². The van der Waals surface area contributed by atoms with Gasteiger partial charge in [-0.2, -0.15) is 0 Å². The smallest absolute Gasteiger partial charge is 0.0591 e. The van der Waals surface area contributed by atoms with Gasteiger partial charge in [-0.05, 0) is 27.4 Å². The number of rotatable bonds is 7. The SMILES string of the molecule is CC(C)NCCOCCc1sccc1Br. The molecule has 0 saturated carbocycles. The second kappa shape index (κ2) is 7.39. The largest absolute Gasteiger partial charge is 0.380 e. The summed E-state index contributed by atoms with van der Waals surface area (Å²) in [7, 11) is 0. The maximum absolute atomic E-state index is 5.54. The summed E-state index contributed by atoms with van der Waals surface area (Å²) < 4.78 is 6.74. The van der Waals surface area contributed by atoms with E-state index in [1.165, 1.54) is 9.35 Å². The van der Waals surface area contributed by atoms with Crippen LogP contribution in [0.4, 0.5) is 0 Å². The van der Waals surface area contributed by atoms with E-state index in [2.05, 4.69) is 46.5 Å². The van der Waals surface area contributed by atoms with Gasteiger partial charge in [0.1, 0.15) is 0 Å². The average Bonchev–Trinajstić information content (AvgIpc) is 2.57. The van der Waals surface area contributed by atoms with Crippen molar-refractivity contribution in [3.05, 3.63) is 20.8 Å². The normalized spacial score (nSPS) is 11.2. The van der Waals surface area contributed by atoms with Crippen LogP contribution in [0.2, 0.25) is 0 Å². The van der Waals surface area contributed by atoms with Crippen molar-refractivity contribution in [1.82, 2.24) is 5.32 Å². The minimum absolute atomic E-state index is 0.542. The highest BCUT2D eigenvalue weighted by Crippen LogP contribution is 2.22. The van der Waals surface area contributed by atoms with E-state index in [0.29, 0.717) is 6.04 Å². The Morgan fingerprint density at radius 1 is 1.47 bits per heavy atom. The van der Waals surface area contributed by atoms with Crippen LogP contribution in [0, 0.1) is 0 Å². The van der Waals surface area contributed by atoms with Gasteiger partial charge in [0.05, 0.1) is 13.2 Å². The van der Waals surface area contributed by atoms with Crippen LogP contribution < -0.4 is 5.32 Å². The second-order valence-corrected chi connectivity index (χ2v) is 5.52. The summed E-state index contributed by atoms with van der Waals surface area (Å²) in [4.78, 5) is 1.37. The van der Waals surface area contributed by atoms with Gasteiger partial charge in [-0.15, -0.1) is 11.3 Å². The van der Waals surface area contributed by atoms with E-state index in [9.17, 15) is 0 Å². The molecule has 0 saturated heterocycles. The molecule has 1 N–H and O–H groups in total. The Labute approximate surface area is 104 Å². The van der Waals surface area contributed by atoms with Crippen molar-refractivity contribution in [3.8, 4) is 0 Å². The number of hydrogen-bond acceptors (Lipinski definition) is 3. The maximum atomic E-state index is 5.54. The molecule has 1 rings (SSSR count). The molecule has 0 atom stereocenters. The Balaban J connectivity index is 2.00. The maximum Gasteiger partial charge on any atom is 0.0591 e. The summed E-state index contributed by atoms with van der Waals surface area (Å²) in [5.41, 5.74) is 0. The third-order valence-corrected chi connectivity index (χ3v) is 3.95. The van der Waals surface area contributed by atoms with Crippen LogP contribution in [0.25, 0.3) is 0 Å². The molecule has 0 radical (unpaired) electrons. The van der Waals surface area contributed by atoms with Crippen LogP contribution in [-0.2, 0) is 11.2 Å². The molecule has 0 fully saturated rings. The Morgan fingerprint density at radius 3 is 2.87 bits per heavy atom. The molecule has 1 aromatic rings. The first-order valence-corrected chi connectivity index (χ1v) is 6.90. The quantitative estimate of drug-likeness (QED) is 0.780. The lowest BCUT2D eigenvalue weighted by atomic mass is 10.4. The Morgan fingerprint density at radius 2 is 2.27 bits per heavy atom. The molecule has 0 aliphatic heterocycles. The molecular weight excluding hydrogens is 274 g/mol. The fourth-order valence-corrected chi connectivity index (χ4v) is 2.73. The highest BCUT2D eigenvalue weighted by Gasteiger charge is 2.00. The van der Waals surface area contributed by atoms with Crippen LogP contribution in [0.3, 0.4) is 0 Å². The van der Waals surface area contributed by atoms with Gasteiger partial charge in [-0.1, -0.05) is 13.8 Å². The highest BCUT2D eigenvalue weighted by atomic mass is 79.9. The molecule has 0 aliphatic carbocycles. The third-order valence-electron chi connectivity index (χ3n) is 1.96. The van der Waals surface area contributed by atoms with Crippen LogP contribution >= 0.6 is 27.3 Å². The number of hydrogen-bond donors (Lipinski definition) is 1. The van der Waals surface area contributed by atoms with Crippen molar-refractivity contribution in [3.63, 3.8) is 0 Å². The van der Waals surface area contributed by atoms with Crippen LogP contribution in [0.1, 0.15) is 18.7 Å². The van der Waals surface area contributed by atoms with E-state index >= 15 is 0 Å². The third kappa shape index (κ3) is 5.66. The molecule has 0 bridgehead atoms. The van der Waals surface area contributed by atoms with Gasteiger partial charge >= 0.3 is 0 Å². The van der Waals surface area contributed by atoms with Crippen molar-refractivity contribution in [1.29, 1.82) is 0 Å². The monoisotopic (exact) mass is 291 g/mol. The fraction of sp³-hybridized carbons (Fsp3) is 0.636. The minimum Gasteiger partial charge on any atom is -0.380 e. The Kier molecular flexibility index (Phi) is 6.48. The van der Waals surface area contributed by atoms with Crippen molar-refractivity contribution in [2.24, 2.45) is 0 Å². The van der Waals surface area contributed by atoms with Gasteiger partial charge in [0.2, 0.25) is 0 Å². The van der Waals surface area contributed by atoms with E-state index in [1.54, 1.807) is 11.3 Å². The Bertz CT molecular complexity index is 275. The zero-order valence-electron chi connectivity index (χ0n) is 9.25. The fourth-order valence-electron chi connectivity index (χ4n) is 1.19. The topological polar surface area (TPSA) is 21.3 Å². The number of halogens is 1. The molecule has 4 heteroatoms. The summed E-state index contributed by atoms with van der Waals surface area (Å²) >= 11 is 5.29. The van der Waals surface area contributed by atoms with E-state index in [0.717, 1.165) is 26.2 Å². The number of thiophene rings is 1. The van der Waals surface area contributed by atoms with Gasteiger partial charge in [0.25, 0.3) is 0 Å². The predicted octanol–water partition coefficient (Wildman–Crippen LogP) is 3.07. The molecule has 0 spiro atoms. The summed E-state index contributed by atoms with van der Waals surface area (Å²) in [6, 6.07) is 2.63. The first kappa shape index (κ1) is 13.2. The summed E-state index contributed by atoms with van der Waals surface area (Å²) in [5, 5.41) is 5.42. The molecule has 0 amide bonds. The van der Waals surface area contributed by atoms with E-state index < -0.39 is 0 Å². The van der Waals surface area contributed by atoms with Crippen molar-refractivity contribution in [2.75, 3.05) is 19.8 Å². The molecule has 0 aromatic carbocycles. The molecular formula is C11H18BrNOS. The lowest BCUT2D eigenvalue weighted by Crippen LogP contribution is -2.26. The predicted molar refractivity (Wildman–Crippen MR) is 69.7 cm³/mol. The minimum atomic E-state index is 0.542. The van der Waals surface area contributed by atoms with Gasteiger partial charge < -0.3 is 10.1 Å². The number of nitrogens with one attached hydrogen (secondary N) is 1. The molecule has 15 heavy (non-hydrogen) atoms. The molecule has 2 nitrogen and oxygen atoms in total. The lowest BCUT2D eigenvalue weighted by Gasteiger charge is -2.08. The first-order valence-electron chi connectivity index (χ1n) is 5.23. The average molecular weight is 292 g/mol. The van der Waals surface area contributed by atoms with Gasteiger partial charge in [0.15, 0.2) is 0 Å². The molecule has 1 aromatic heterocycles. The summed E-state index contributed by atoms with van der Waals surface area (Å²) in [6.45, 7) is 6.81.